The van der Waals surface area contributed by atoms with Crippen molar-refractivity contribution in [3.8, 4) is 0 Å². The van der Waals surface area contributed by atoms with Crippen molar-refractivity contribution in [2.75, 3.05) is 0 Å². The van der Waals surface area contributed by atoms with Crippen LogP contribution >= 0.6 is 0 Å². The number of carbonyl (C=O) groups excluding carboxylic acids is 1. The van der Waals surface area contributed by atoms with Gasteiger partial charge in [0.2, 0.25) is 5.91 Å². The van der Waals surface area contributed by atoms with Gasteiger partial charge in [-0.05, 0) is 42.9 Å². The fourth-order valence-electron chi connectivity index (χ4n) is 4.78. The van der Waals surface area contributed by atoms with Crippen molar-refractivity contribution >= 4 is 5.91 Å². The number of fused-ring (bicyclic) bond motifs is 1. The van der Waals surface area contributed by atoms with Crippen LogP contribution in [0.25, 0.3) is 0 Å². The molecule has 2 saturated heterocycles. The second-order valence-electron chi connectivity index (χ2n) is 8.15. The molecular weight excluding hydrogens is 378 g/mol. The molecule has 152 valence electrons. The Morgan fingerprint density at radius 2 is 1.97 bits per heavy atom. The maximum atomic E-state index is 13.6. The minimum atomic E-state index is -0.776. The summed E-state index contributed by atoms with van der Waals surface area (Å²) in [6.45, 7) is 0.589. The third kappa shape index (κ3) is 3.94. The van der Waals surface area contributed by atoms with Crippen LogP contribution in [0.5, 0.6) is 0 Å². The number of aromatic nitrogens is 1. The van der Waals surface area contributed by atoms with Gasteiger partial charge in [-0.15, -0.1) is 12.6 Å². The Balaban J connectivity index is 0.00000218. The average molecular weight is 402 g/mol. The summed E-state index contributed by atoms with van der Waals surface area (Å²) in [5, 5.41) is 0. The Labute approximate surface area is 188 Å². The number of ether oxygens (including phenoxy) is 2. The molecule has 0 radical (unpaired) electrons. The third-order valence-corrected chi connectivity index (χ3v) is 6.31. The molecule has 2 aromatic rings. The van der Waals surface area contributed by atoms with Gasteiger partial charge in [0.05, 0.1) is 18.9 Å². The number of halogens is 1. The number of pyridine rings is 1. The van der Waals surface area contributed by atoms with Crippen LogP contribution in [0.1, 0.15) is 55.7 Å². The zero-order valence-corrected chi connectivity index (χ0v) is 17.2. The standard InChI is InChI=1S/C23H24FN2O3.Li/c24-18-12-17(13-25-14-18)20-6-7-21-26(20)22(27)23(29-21)10-8-19(9-11-23)28-15-16-4-2-1-3-5-16;/h1-5,12-14,19-20H,6-11,15H2;/q-1;+1/t19?,20-,23?;/m0./s1. The van der Waals surface area contributed by atoms with Crippen LogP contribution < -0.4 is 18.9 Å². The van der Waals surface area contributed by atoms with Crippen molar-refractivity contribution in [3.05, 3.63) is 72.0 Å². The number of benzene rings is 1. The first kappa shape index (κ1) is 21.5. The van der Waals surface area contributed by atoms with Gasteiger partial charge in [-0.3, -0.25) is 9.78 Å². The predicted molar refractivity (Wildman–Crippen MR) is 104 cm³/mol. The largest absolute Gasteiger partial charge is 1.00 e. The normalized spacial score (nSPS) is 28.6. The SMILES string of the molecule is O=C1N2[C-](CC[C@H]2c2cncc(F)c2)OC12CCC(OCc1ccccc1)CC2.[Li+]. The maximum Gasteiger partial charge on any atom is 1.00 e. The van der Waals surface area contributed by atoms with E-state index in [1.807, 2.05) is 18.2 Å². The van der Waals surface area contributed by atoms with Gasteiger partial charge in [0.25, 0.3) is 0 Å². The van der Waals surface area contributed by atoms with Gasteiger partial charge in [0.15, 0.2) is 0 Å². The summed E-state index contributed by atoms with van der Waals surface area (Å²) in [6, 6.07) is 11.4. The van der Waals surface area contributed by atoms with Crippen molar-refractivity contribution in [2.45, 2.75) is 62.9 Å². The van der Waals surface area contributed by atoms with Crippen molar-refractivity contribution < 1.29 is 37.5 Å². The van der Waals surface area contributed by atoms with Crippen molar-refractivity contribution in [1.82, 2.24) is 9.88 Å². The first-order valence-corrected chi connectivity index (χ1v) is 10.3. The van der Waals surface area contributed by atoms with Crippen LogP contribution in [-0.4, -0.2) is 27.5 Å². The molecular formula is C23H24FLiN2O3. The molecule has 5 nitrogen and oxygen atoms in total. The van der Waals surface area contributed by atoms with E-state index in [-0.39, 0.29) is 42.7 Å². The van der Waals surface area contributed by atoms with E-state index in [0.29, 0.717) is 25.9 Å². The van der Waals surface area contributed by atoms with Gasteiger partial charge in [-0.25, -0.2) is 4.39 Å². The van der Waals surface area contributed by atoms with Crippen molar-refractivity contribution in [3.63, 3.8) is 0 Å². The van der Waals surface area contributed by atoms with Gasteiger partial charge in [-0.2, -0.15) is 0 Å². The second-order valence-corrected chi connectivity index (χ2v) is 8.15. The van der Waals surface area contributed by atoms with Crippen LogP contribution in [0, 0.1) is 12.0 Å². The molecule has 0 N–H and O–H groups in total. The summed E-state index contributed by atoms with van der Waals surface area (Å²) in [6.07, 6.45) is 8.03. The van der Waals surface area contributed by atoms with Crippen LogP contribution in [0.2, 0.25) is 0 Å². The maximum absolute atomic E-state index is 13.6. The number of carbonyl (C=O) groups is 1. The summed E-state index contributed by atoms with van der Waals surface area (Å²) in [5.74, 6) is -0.366. The fraction of sp³-hybridized carbons (Fsp3) is 0.435. The molecule has 3 heterocycles. The number of hydrogen-bond donors (Lipinski definition) is 0. The van der Waals surface area contributed by atoms with Gasteiger partial charge < -0.3 is 14.4 Å². The zero-order valence-electron chi connectivity index (χ0n) is 17.2. The summed E-state index contributed by atoms with van der Waals surface area (Å²) >= 11 is 0. The van der Waals surface area contributed by atoms with E-state index >= 15 is 0 Å². The summed E-state index contributed by atoms with van der Waals surface area (Å²) in [5.41, 5.74) is 1.11. The van der Waals surface area contributed by atoms with E-state index in [9.17, 15) is 9.18 Å². The molecule has 0 bridgehead atoms. The molecule has 2 aliphatic heterocycles. The number of amides is 1. The molecule has 1 spiro atoms. The predicted octanol–water partition coefficient (Wildman–Crippen LogP) is 1.31. The Kier molecular flexibility index (Phi) is 6.31. The van der Waals surface area contributed by atoms with E-state index in [0.717, 1.165) is 36.6 Å². The van der Waals surface area contributed by atoms with Gasteiger partial charge in [0, 0.05) is 12.2 Å². The molecule has 1 saturated carbocycles. The first-order chi connectivity index (χ1) is 14.1. The Bertz CT molecular complexity index is 889. The van der Waals surface area contributed by atoms with E-state index < -0.39 is 5.60 Å². The molecule has 1 atom stereocenters. The van der Waals surface area contributed by atoms with Crippen LogP contribution in [0.15, 0.2) is 48.8 Å². The number of rotatable bonds is 4. The van der Waals surface area contributed by atoms with Crippen LogP contribution in [0.3, 0.4) is 0 Å². The zero-order chi connectivity index (χ0) is 19.8. The molecule has 1 aliphatic carbocycles. The van der Waals surface area contributed by atoms with E-state index in [4.69, 9.17) is 9.47 Å². The molecule has 1 amide bonds. The minimum Gasteiger partial charge on any atom is -0.517 e. The molecule has 1 aromatic carbocycles. The Hall–Kier alpha value is -1.71. The topological polar surface area (TPSA) is 51.7 Å². The fourth-order valence-corrected chi connectivity index (χ4v) is 4.78. The first-order valence-electron chi connectivity index (χ1n) is 10.3. The van der Waals surface area contributed by atoms with E-state index in [1.54, 1.807) is 11.1 Å². The van der Waals surface area contributed by atoms with Crippen LogP contribution in [0.4, 0.5) is 4.39 Å². The Morgan fingerprint density at radius 3 is 2.70 bits per heavy atom. The smallest absolute Gasteiger partial charge is 0.517 e. The third-order valence-electron chi connectivity index (χ3n) is 6.31. The molecule has 3 aliphatic rings. The van der Waals surface area contributed by atoms with Gasteiger partial charge >= 0.3 is 18.9 Å². The summed E-state index contributed by atoms with van der Waals surface area (Å²) < 4.78 is 25.9. The van der Waals surface area contributed by atoms with E-state index in [2.05, 4.69) is 17.1 Å². The molecule has 5 rings (SSSR count). The average Bonchev–Trinajstić information content (AvgIpc) is 3.27. The van der Waals surface area contributed by atoms with Crippen LogP contribution in [-0.2, 0) is 20.9 Å². The second kappa shape index (κ2) is 8.80. The molecule has 30 heavy (non-hydrogen) atoms. The summed E-state index contributed by atoms with van der Waals surface area (Å²) in [7, 11) is 0. The number of nitrogens with zero attached hydrogens (tertiary/aromatic N) is 2. The number of hydrogen-bond acceptors (Lipinski definition) is 4. The van der Waals surface area contributed by atoms with Crippen molar-refractivity contribution in [2.24, 2.45) is 0 Å². The quantitative estimate of drug-likeness (QED) is 0.572. The minimum absolute atomic E-state index is 0. The van der Waals surface area contributed by atoms with E-state index in [1.165, 1.54) is 12.3 Å². The molecule has 1 aromatic heterocycles. The van der Waals surface area contributed by atoms with Crippen molar-refractivity contribution in [1.29, 1.82) is 0 Å². The van der Waals surface area contributed by atoms with Gasteiger partial charge in [0.1, 0.15) is 11.4 Å². The molecule has 0 unspecified atom stereocenters. The monoisotopic (exact) mass is 402 g/mol. The Morgan fingerprint density at radius 1 is 1.20 bits per heavy atom. The van der Waals surface area contributed by atoms with Gasteiger partial charge in [-0.1, -0.05) is 36.8 Å². The molecule has 7 heteroatoms. The molecule has 3 fully saturated rings. The summed E-state index contributed by atoms with van der Waals surface area (Å²) in [4.78, 5) is 19.0.